The zero-order valence-electron chi connectivity index (χ0n) is 10.1. The predicted molar refractivity (Wildman–Crippen MR) is 71.7 cm³/mol. The summed E-state index contributed by atoms with van der Waals surface area (Å²) in [6.45, 7) is 1.61. The van der Waals surface area contributed by atoms with Crippen molar-refractivity contribution in [3.63, 3.8) is 0 Å². The van der Waals surface area contributed by atoms with Crippen LogP contribution in [0.5, 0.6) is 0 Å². The summed E-state index contributed by atoms with van der Waals surface area (Å²) in [6, 6.07) is 6.76. The number of likely N-dealkylation sites (N-methyl/N-ethyl adjacent to an activating group) is 1. The summed E-state index contributed by atoms with van der Waals surface area (Å²) in [6.07, 6.45) is 2.57. The molecule has 2 N–H and O–H groups in total. The van der Waals surface area contributed by atoms with E-state index in [2.05, 4.69) is 11.4 Å². The Morgan fingerprint density at radius 3 is 2.82 bits per heavy atom. The summed E-state index contributed by atoms with van der Waals surface area (Å²) in [5.74, 6) is 0. The summed E-state index contributed by atoms with van der Waals surface area (Å²) in [5.41, 5.74) is 2.18. The van der Waals surface area contributed by atoms with Gasteiger partial charge in [-0.15, -0.1) is 0 Å². The van der Waals surface area contributed by atoms with Crippen LogP contribution in [0.2, 0.25) is 5.02 Å². The molecule has 0 aromatic heterocycles. The number of aliphatic hydroxyl groups excluding tert-OH is 1. The highest BCUT2D eigenvalue weighted by atomic mass is 35.5. The number of halogens is 1. The van der Waals surface area contributed by atoms with Gasteiger partial charge in [0.05, 0.1) is 6.61 Å². The van der Waals surface area contributed by atoms with E-state index in [4.69, 9.17) is 16.7 Å². The lowest BCUT2D eigenvalue weighted by Crippen LogP contribution is -2.21. The molecule has 1 aliphatic rings. The Morgan fingerprint density at radius 2 is 2.24 bits per heavy atom. The van der Waals surface area contributed by atoms with E-state index in [-0.39, 0.29) is 6.61 Å². The zero-order valence-corrected chi connectivity index (χ0v) is 10.9. The fourth-order valence-electron chi connectivity index (χ4n) is 1.74. The second-order valence-corrected chi connectivity index (χ2v) is 4.98. The van der Waals surface area contributed by atoms with Crippen LogP contribution in [0, 0.1) is 0 Å². The van der Waals surface area contributed by atoms with Gasteiger partial charge in [0, 0.05) is 36.9 Å². The number of anilines is 1. The second kappa shape index (κ2) is 5.71. The highest BCUT2D eigenvalue weighted by molar-refractivity contribution is 6.31. The minimum absolute atomic E-state index is 0.152. The minimum Gasteiger partial charge on any atom is -0.395 e. The van der Waals surface area contributed by atoms with Gasteiger partial charge in [-0.3, -0.25) is 0 Å². The number of aliphatic hydroxyl groups is 1. The third kappa shape index (κ3) is 3.60. The standard InChI is InChI=1S/C13H19ClN2O/c1-16(6-7-17)12-5-2-10(13(14)8-12)9-15-11-3-4-11/h2,5,8,11,15,17H,3-4,6-7,9H2,1H3. The molecule has 0 atom stereocenters. The van der Waals surface area contributed by atoms with Crippen LogP contribution in [0.25, 0.3) is 0 Å². The zero-order chi connectivity index (χ0) is 12.3. The molecule has 0 spiro atoms. The molecule has 2 rings (SSSR count). The fourth-order valence-corrected chi connectivity index (χ4v) is 1.98. The first-order valence-corrected chi connectivity index (χ1v) is 6.42. The normalized spacial score (nSPS) is 15.0. The van der Waals surface area contributed by atoms with Crippen LogP contribution in [0.3, 0.4) is 0 Å². The lowest BCUT2D eigenvalue weighted by Gasteiger charge is -2.19. The van der Waals surface area contributed by atoms with Gasteiger partial charge < -0.3 is 15.3 Å². The van der Waals surface area contributed by atoms with Gasteiger partial charge in [-0.2, -0.15) is 0 Å². The van der Waals surface area contributed by atoms with E-state index in [0.717, 1.165) is 22.8 Å². The van der Waals surface area contributed by atoms with Crippen molar-refractivity contribution in [3.05, 3.63) is 28.8 Å². The van der Waals surface area contributed by atoms with Gasteiger partial charge in [0.2, 0.25) is 0 Å². The summed E-state index contributed by atoms with van der Waals surface area (Å²) in [5, 5.41) is 13.1. The molecule has 1 aromatic carbocycles. The number of hydrogen-bond acceptors (Lipinski definition) is 3. The SMILES string of the molecule is CN(CCO)c1ccc(CNC2CC2)c(Cl)c1. The largest absolute Gasteiger partial charge is 0.395 e. The quantitative estimate of drug-likeness (QED) is 0.815. The van der Waals surface area contributed by atoms with Gasteiger partial charge >= 0.3 is 0 Å². The molecule has 0 saturated heterocycles. The van der Waals surface area contributed by atoms with Crippen molar-refractivity contribution in [2.75, 3.05) is 25.1 Å². The van der Waals surface area contributed by atoms with E-state index < -0.39 is 0 Å². The van der Waals surface area contributed by atoms with E-state index in [1.165, 1.54) is 12.8 Å². The van der Waals surface area contributed by atoms with Crippen LogP contribution < -0.4 is 10.2 Å². The van der Waals surface area contributed by atoms with Gasteiger partial charge in [-0.1, -0.05) is 17.7 Å². The molecule has 0 amide bonds. The fraction of sp³-hybridized carbons (Fsp3) is 0.538. The Hall–Kier alpha value is -0.770. The average Bonchev–Trinajstić information content (AvgIpc) is 3.11. The molecule has 0 bridgehead atoms. The van der Waals surface area contributed by atoms with E-state index >= 15 is 0 Å². The molecule has 17 heavy (non-hydrogen) atoms. The van der Waals surface area contributed by atoms with Crippen molar-refractivity contribution < 1.29 is 5.11 Å². The molecule has 3 nitrogen and oxygen atoms in total. The maximum atomic E-state index is 8.89. The predicted octanol–water partition coefficient (Wildman–Crippen LogP) is 2.02. The van der Waals surface area contributed by atoms with Gasteiger partial charge in [0.15, 0.2) is 0 Å². The Morgan fingerprint density at radius 1 is 1.47 bits per heavy atom. The van der Waals surface area contributed by atoms with Crippen molar-refractivity contribution in [1.29, 1.82) is 0 Å². The van der Waals surface area contributed by atoms with Crippen LogP contribution in [0.1, 0.15) is 18.4 Å². The number of benzene rings is 1. The lowest BCUT2D eigenvalue weighted by atomic mass is 10.2. The van der Waals surface area contributed by atoms with Gasteiger partial charge in [0.1, 0.15) is 0 Å². The third-order valence-corrected chi connectivity index (χ3v) is 3.42. The molecular formula is C13H19ClN2O. The molecule has 4 heteroatoms. The average molecular weight is 255 g/mol. The number of nitrogens with zero attached hydrogens (tertiary/aromatic N) is 1. The van der Waals surface area contributed by atoms with Crippen molar-refractivity contribution in [3.8, 4) is 0 Å². The topological polar surface area (TPSA) is 35.5 Å². The first-order valence-electron chi connectivity index (χ1n) is 6.04. The second-order valence-electron chi connectivity index (χ2n) is 4.58. The van der Waals surface area contributed by atoms with Crippen LogP contribution in [0.4, 0.5) is 5.69 Å². The molecular weight excluding hydrogens is 236 g/mol. The minimum atomic E-state index is 0.152. The molecule has 1 fully saturated rings. The molecule has 0 aliphatic heterocycles. The van der Waals surface area contributed by atoms with Crippen molar-refractivity contribution >= 4 is 17.3 Å². The summed E-state index contributed by atoms with van der Waals surface area (Å²) < 4.78 is 0. The summed E-state index contributed by atoms with van der Waals surface area (Å²) in [7, 11) is 1.95. The Bertz CT molecular complexity index is 380. The van der Waals surface area contributed by atoms with Crippen LogP contribution in [-0.4, -0.2) is 31.3 Å². The van der Waals surface area contributed by atoms with Crippen molar-refractivity contribution in [1.82, 2.24) is 5.32 Å². The van der Waals surface area contributed by atoms with Crippen LogP contribution in [-0.2, 0) is 6.54 Å². The Labute approximate surface area is 107 Å². The van der Waals surface area contributed by atoms with E-state index in [9.17, 15) is 0 Å². The number of rotatable bonds is 6. The molecule has 0 heterocycles. The van der Waals surface area contributed by atoms with E-state index in [1.807, 2.05) is 24.1 Å². The highest BCUT2D eigenvalue weighted by Gasteiger charge is 2.20. The van der Waals surface area contributed by atoms with Crippen molar-refractivity contribution in [2.45, 2.75) is 25.4 Å². The molecule has 0 radical (unpaired) electrons. The summed E-state index contributed by atoms with van der Waals surface area (Å²) >= 11 is 6.25. The van der Waals surface area contributed by atoms with Crippen LogP contribution in [0.15, 0.2) is 18.2 Å². The maximum Gasteiger partial charge on any atom is 0.0606 e. The highest BCUT2D eigenvalue weighted by Crippen LogP contribution is 2.25. The van der Waals surface area contributed by atoms with E-state index in [1.54, 1.807) is 0 Å². The van der Waals surface area contributed by atoms with Crippen molar-refractivity contribution in [2.24, 2.45) is 0 Å². The van der Waals surface area contributed by atoms with Crippen LogP contribution >= 0.6 is 11.6 Å². The van der Waals surface area contributed by atoms with E-state index in [0.29, 0.717) is 12.6 Å². The van der Waals surface area contributed by atoms with Gasteiger partial charge in [0.25, 0.3) is 0 Å². The molecule has 94 valence electrons. The molecule has 1 saturated carbocycles. The first-order chi connectivity index (χ1) is 8.20. The lowest BCUT2D eigenvalue weighted by molar-refractivity contribution is 0.304. The smallest absolute Gasteiger partial charge is 0.0606 e. The maximum absolute atomic E-state index is 8.89. The Balaban J connectivity index is 1.99. The first kappa shape index (κ1) is 12.7. The third-order valence-electron chi connectivity index (χ3n) is 3.07. The number of hydrogen-bond donors (Lipinski definition) is 2. The summed E-state index contributed by atoms with van der Waals surface area (Å²) in [4.78, 5) is 1.99. The monoisotopic (exact) mass is 254 g/mol. The Kier molecular flexibility index (Phi) is 4.26. The van der Waals surface area contributed by atoms with Gasteiger partial charge in [-0.05, 0) is 30.5 Å². The molecule has 1 aromatic rings. The number of nitrogens with one attached hydrogen (secondary N) is 1. The molecule has 0 unspecified atom stereocenters. The molecule has 1 aliphatic carbocycles. The van der Waals surface area contributed by atoms with Gasteiger partial charge in [-0.25, -0.2) is 0 Å².